The number of nitrogens with zero attached hydrogens (tertiary/aromatic N) is 1. The number of amides is 1. The normalized spacial score (nSPS) is 15.4. The molecule has 0 aromatic heterocycles. The Morgan fingerprint density at radius 3 is 2.26 bits per heavy atom. The molecule has 1 amide bonds. The van der Waals surface area contributed by atoms with Crippen LogP contribution >= 0.6 is 0 Å². The minimum absolute atomic E-state index is 0.153. The second kappa shape index (κ2) is 8.54. The van der Waals surface area contributed by atoms with E-state index in [4.69, 9.17) is 5.73 Å². The summed E-state index contributed by atoms with van der Waals surface area (Å²) in [7, 11) is 4.04. The van der Waals surface area contributed by atoms with Crippen molar-refractivity contribution in [1.29, 1.82) is 0 Å². The maximum absolute atomic E-state index is 11.8. The van der Waals surface area contributed by atoms with Gasteiger partial charge in [-0.25, -0.2) is 0 Å². The number of carbonyl (C=O) groups is 1. The zero-order chi connectivity index (χ0) is 15.1. The smallest absolute Gasteiger partial charge is 0.220 e. The van der Waals surface area contributed by atoms with Crippen molar-refractivity contribution in [2.45, 2.75) is 53.0 Å². The maximum Gasteiger partial charge on any atom is 0.220 e. The lowest BCUT2D eigenvalue weighted by Gasteiger charge is -2.30. The van der Waals surface area contributed by atoms with Gasteiger partial charge in [0.05, 0.1) is 0 Å². The molecule has 0 saturated carbocycles. The van der Waals surface area contributed by atoms with Crippen LogP contribution in [0.3, 0.4) is 0 Å². The van der Waals surface area contributed by atoms with Gasteiger partial charge >= 0.3 is 0 Å². The Balaban J connectivity index is 4.06. The third kappa shape index (κ3) is 8.22. The van der Waals surface area contributed by atoms with Gasteiger partial charge in [0.15, 0.2) is 0 Å². The van der Waals surface area contributed by atoms with E-state index >= 15 is 0 Å². The molecule has 114 valence electrons. The van der Waals surface area contributed by atoms with Crippen molar-refractivity contribution in [3.63, 3.8) is 0 Å². The summed E-state index contributed by atoms with van der Waals surface area (Å²) < 4.78 is 0. The Morgan fingerprint density at radius 1 is 1.26 bits per heavy atom. The van der Waals surface area contributed by atoms with E-state index in [1.54, 1.807) is 0 Å². The molecule has 0 spiro atoms. The predicted octanol–water partition coefficient (Wildman–Crippen LogP) is 1.84. The zero-order valence-corrected chi connectivity index (χ0v) is 13.6. The van der Waals surface area contributed by atoms with Crippen LogP contribution in [0.4, 0.5) is 0 Å². The van der Waals surface area contributed by atoms with Crippen LogP contribution in [0, 0.1) is 11.3 Å². The highest BCUT2D eigenvalue weighted by molar-refractivity contribution is 5.75. The average molecular weight is 271 g/mol. The van der Waals surface area contributed by atoms with Gasteiger partial charge in [0.2, 0.25) is 5.91 Å². The molecular weight excluding hydrogens is 238 g/mol. The fraction of sp³-hybridized carbons (Fsp3) is 0.933. The van der Waals surface area contributed by atoms with E-state index in [9.17, 15) is 4.79 Å². The SMILES string of the molecule is CC(CNC(=O)CCC(CCN)C(C)(C)C)N(C)C. The molecule has 0 aromatic carbocycles. The molecule has 4 heteroatoms. The molecule has 2 atom stereocenters. The van der Waals surface area contributed by atoms with Gasteiger partial charge in [-0.05, 0) is 51.7 Å². The van der Waals surface area contributed by atoms with Gasteiger partial charge in [-0.2, -0.15) is 0 Å². The van der Waals surface area contributed by atoms with Crippen LogP contribution in [0.25, 0.3) is 0 Å². The van der Waals surface area contributed by atoms with Gasteiger partial charge in [-0.15, -0.1) is 0 Å². The number of nitrogens with two attached hydrogens (primary N) is 1. The van der Waals surface area contributed by atoms with E-state index in [1.807, 2.05) is 14.1 Å². The lowest BCUT2D eigenvalue weighted by atomic mass is 9.76. The third-order valence-electron chi connectivity index (χ3n) is 3.94. The molecule has 0 aliphatic heterocycles. The number of rotatable bonds is 8. The molecule has 0 aliphatic rings. The van der Waals surface area contributed by atoms with Crippen molar-refractivity contribution in [3.05, 3.63) is 0 Å². The highest BCUT2D eigenvalue weighted by Gasteiger charge is 2.24. The van der Waals surface area contributed by atoms with Gasteiger partial charge in [0, 0.05) is 19.0 Å². The van der Waals surface area contributed by atoms with E-state index in [2.05, 4.69) is 37.9 Å². The van der Waals surface area contributed by atoms with E-state index in [1.165, 1.54) is 0 Å². The third-order valence-corrected chi connectivity index (χ3v) is 3.94. The van der Waals surface area contributed by atoms with Crippen molar-refractivity contribution in [2.24, 2.45) is 17.1 Å². The number of hydrogen-bond acceptors (Lipinski definition) is 3. The zero-order valence-electron chi connectivity index (χ0n) is 13.6. The van der Waals surface area contributed by atoms with E-state index < -0.39 is 0 Å². The number of nitrogens with one attached hydrogen (secondary N) is 1. The first-order valence-electron chi connectivity index (χ1n) is 7.31. The first-order chi connectivity index (χ1) is 8.68. The van der Waals surface area contributed by atoms with Crippen LogP contribution in [0.5, 0.6) is 0 Å². The van der Waals surface area contributed by atoms with Crippen molar-refractivity contribution in [3.8, 4) is 0 Å². The first kappa shape index (κ1) is 18.4. The highest BCUT2D eigenvalue weighted by Crippen LogP contribution is 2.31. The van der Waals surface area contributed by atoms with Crippen LogP contribution < -0.4 is 11.1 Å². The van der Waals surface area contributed by atoms with Crippen molar-refractivity contribution in [2.75, 3.05) is 27.2 Å². The monoisotopic (exact) mass is 271 g/mol. The summed E-state index contributed by atoms with van der Waals surface area (Å²) in [5.41, 5.74) is 5.88. The van der Waals surface area contributed by atoms with Gasteiger partial charge in [-0.1, -0.05) is 20.8 Å². The second-order valence-electron chi connectivity index (χ2n) is 6.80. The molecule has 19 heavy (non-hydrogen) atoms. The molecular formula is C15H33N3O. The second-order valence-corrected chi connectivity index (χ2v) is 6.80. The minimum atomic E-state index is 0.153. The van der Waals surface area contributed by atoms with E-state index in [-0.39, 0.29) is 11.3 Å². The highest BCUT2D eigenvalue weighted by atomic mass is 16.1. The summed E-state index contributed by atoms with van der Waals surface area (Å²) in [6.07, 6.45) is 2.51. The molecule has 0 bridgehead atoms. The molecule has 0 fully saturated rings. The topological polar surface area (TPSA) is 58.4 Å². The van der Waals surface area contributed by atoms with Gasteiger partial charge in [-0.3, -0.25) is 4.79 Å². The first-order valence-corrected chi connectivity index (χ1v) is 7.31. The quantitative estimate of drug-likeness (QED) is 0.708. The van der Waals surface area contributed by atoms with Gasteiger partial charge < -0.3 is 16.0 Å². The molecule has 0 aromatic rings. The summed E-state index contributed by atoms with van der Waals surface area (Å²) in [5.74, 6) is 0.662. The predicted molar refractivity (Wildman–Crippen MR) is 82.0 cm³/mol. The standard InChI is InChI=1S/C15H33N3O/c1-12(18(5)6)11-17-14(19)8-7-13(9-10-16)15(2,3)4/h12-13H,7-11,16H2,1-6H3,(H,17,19). The van der Waals surface area contributed by atoms with Crippen molar-refractivity contribution < 1.29 is 4.79 Å². The molecule has 0 saturated heterocycles. The minimum Gasteiger partial charge on any atom is -0.355 e. The van der Waals surface area contributed by atoms with Crippen LogP contribution in [0.1, 0.15) is 47.0 Å². The Hall–Kier alpha value is -0.610. The molecule has 2 unspecified atom stereocenters. The molecule has 0 rings (SSSR count). The summed E-state index contributed by atoms with van der Waals surface area (Å²) in [5, 5.41) is 3.00. The molecule has 0 radical (unpaired) electrons. The van der Waals surface area contributed by atoms with Crippen LogP contribution in [0.2, 0.25) is 0 Å². The average Bonchev–Trinajstić information content (AvgIpc) is 2.29. The van der Waals surface area contributed by atoms with E-state index in [0.717, 1.165) is 12.8 Å². The summed E-state index contributed by atoms with van der Waals surface area (Å²) in [6, 6.07) is 0.367. The van der Waals surface area contributed by atoms with Crippen molar-refractivity contribution in [1.82, 2.24) is 10.2 Å². The number of hydrogen-bond donors (Lipinski definition) is 2. The van der Waals surface area contributed by atoms with Gasteiger partial charge in [0.25, 0.3) is 0 Å². The molecule has 4 nitrogen and oxygen atoms in total. The fourth-order valence-corrected chi connectivity index (χ4v) is 2.05. The van der Waals surface area contributed by atoms with Crippen molar-refractivity contribution >= 4 is 5.91 Å². The lowest BCUT2D eigenvalue weighted by molar-refractivity contribution is -0.121. The molecule has 0 aliphatic carbocycles. The van der Waals surface area contributed by atoms with Crippen LogP contribution in [-0.2, 0) is 4.79 Å². The molecule has 0 heterocycles. The Bertz CT molecular complexity index is 259. The summed E-state index contributed by atoms with van der Waals surface area (Å²) >= 11 is 0. The number of likely N-dealkylation sites (N-methyl/N-ethyl adjacent to an activating group) is 1. The lowest BCUT2D eigenvalue weighted by Crippen LogP contribution is -2.38. The van der Waals surface area contributed by atoms with Crippen LogP contribution in [0.15, 0.2) is 0 Å². The molecule has 3 N–H and O–H groups in total. The Kier molecular flexibility index (Phi) is 8.26. The summed E-state index contributed by atoms with van der Waals surface area (Å²) in [4.78, 5) is 13.9. The summed E-state index contributed by atoms with van der Waals surface area (Å²) in [6.45, 7) is 10.2. The Labute approximate surface area is 119 Å². The largest absolute Gasteiger partial charge is 0.355 e. The maximum atomic E-state index is 11.8. The van der Waals surface area contributed by atoms with Gasteiger partial charge in [0.1, 0.15) is 0 Å². The van der Waals surface area contributed by atoms with Crippen LogP contribution in [-0.4, -0.2) is 44.0 Å². The number of carbonyl (C=O) groups excluding carboxylic acids is 1. The Morgan fingerprint density at radius 2 is 1.84 bits per heavy atom. The fourth-order valence-electron chi connectivity index (χ4n) is 2.05. The van der Waals surface area contributed by atoms with E-state index in [0.29, 0.717) is 31.5 Å².